The van der Waals surface area contributed by atoms with Crippen LogP contribution < -0.4 is 0 Å². The van der Waals surface area contributed by atoms with E-state index in [1.807, 2.05) is 13.8 Å². The SMILES string of the molecule is C=C(C)C(=C)C.CCCCCCCCCCN(C(CCCCCCCC)C(C)(C)C1C(C)=Cc2ccccc21)C(C)(C)C.[Ti+4]. The zero-order valence-corrected chi connectivity index (χ0v) is 32.8. The average molecular weight is 640 g/mol. The summed E-state index contributed by atoms with van der Waals surface area (Å²) in [6.07, 6.45) is 23.2. The summed E-state index contributed by atoms with van der Waals surface area (Å²) in [6.45, 7) is 32.0. The smallest absolute Gasteiger partial charge is 0.295 e. The Labute approximate surface area is 291 Å². The van der Waals surface area contributed by atoms with Crippen LogP contribution in [0.2, 0.25) is 0 Å². The summed E-state index contributed by atoms with van der Waals surface area (Å²) in [6, 6.07) is 9.76. The molecule has 2 atom stereocenters. The monoisotopic (exact) mass is 640 g/mol. The molecule has 1 aromatic carbocycles. The summed E-state index contributed by atoms with van der Waals surface area (Å²) in [5.41, 5.74) is 7.05. The van der Waals surface area contributed by atoms with Gasteiger partial charge in [0.25, 0.3) is 0 Å². The third kappa shape index (κ3) is 15.1. The third-order valence-electron chi connectivity index (χ3n) is 9.80. The van der Waals surface area contributed by atoms with Crippen molar-refractivity contribution >= 4 is 6.08 Å². The van der Waals surface area contributed by atoms with Crippen LogP contribution in [0.3, 0.4) is 0 Å². The molecule has 2 heteroatoms. The average Bonchev–Trinajstić information content (AvgIpc) is 3.28. The van der Waals surface area contributed by atoms with Gasteiger partial charge in [0.2, 0.25) is 0 Å². The van der Waals surface area contributed by atoms with E-state index in [1.165, 1.54) is 108 Å². The van der Waals surface area contributed by atoms with E-state index in [4.69, 9.17) is 0 Å². The third-order valence-corrected chi connectivity index (χ3v) is 9.80. The van der Waals surface area contributed by atoms with Crippen LogP contribution in [-0.2, 0) is 21.7 Å². The second-order valence-corrected chi connectivity index (χ2v) is 15.2. The van der Waals surface area contributed by atoms with Crippen molar-refractivity contribution in [3.8, 4) is 0 Å². The molecule has 1 nitrogen and oxygen atoms in total. The van der Waals surface area contributed by atoms with Crippen molar-refractivity contribution in [3.63, 3.8) is 0 Å². The van der Waals surface area contributed by atoms with Gasteiger partial charge < -0.3 is 0 Å². The minimum absolute atomic E-state index is 0. The van der Waals surface area contributed by atoms with Crippen molar-refractivity contribution < 1.29 is 21.7 Å². The summed E-state index contributed by atoms with van der Waals surface area (Å²) in [5, 5.41) is 0. The molecule has 2 unspecified atom stereocenters. The summed E-state index contributed by atoms with van der Waals surface area (Å²) in [4.78, 5) is 2.93. The van der Waals surface area contributed by atoms with Crippen LogP contribution in [0.25, 0.3) is 6.08 Å². The van der Waals surface area contributed by atoms with E-state index in [2.05, 4.69) is 104 Å². The maximum atomic E-state index is 3.66. The number of benzene rings is 1. The molecule has 0 aromatic heterocycles. The van der Waals surface area contributed by atoms with Gasteiger partial charge >= 0.3 is 21.7 Å². The first-order valence-corrected chi connectivity index (χ1v) is 18.1. The van der Waals surface area contributed by atoms with Gasteiger partial charge in [-0.05, 0) is 77.5 Å². The molecule has 0 amide bonds. The molecule has 2 rings (SSSR count). The summed E-state index contributed by atoms with van der Waals surface area (Å²) in [5.74, 6) is 0.511. The topological polar surface area (TPSA) is 3.24 Å². The van der Waals surface area contributed by atoms with Crippen molar-refractivity contribution in [2.24, 2.45) is 5.41 Å². The van der Waals surface area contributed by atoms with Gasteiger partial charge in [0.05, 0.1) is 0 Å². The molecule has 0 heterocycles. The van der Waals surface area contributed by atoms with Gasteiger partial charge in [-0.1, -0.05) is 171 Å². The molecule has 1 aliphatic carbocycles. The quantitative estimate of drug-likeness (QED) is 0.0779. The van der Waals surface area contributed by atoms with Crippen molar-refractivity contribution in [1.29, 1.82) is 0 Å². The fourth-order valence-corrected chi connectivity index (χ4v) is 7.08. The Morgan fingerprint density at radius 2 is 1.18 bits per heavy atom. The van der Waals surface area contributed by atoms with Crippen LogP contribution in [0, 0.1) is 5.41 Å². The Balaban J connectivity index is 0.00000239. The molecule has 1 aliphatic rings. The molecule has 0 saturated heterocycles. The first-order valence-electron chi connectivity index (χ1n) is 18.1. The van der Waals surface area contributed by atoms with Crippen molar-refractivity contribution in [1.82, 2.24) is 4.90 Å². The molecule has 246 valence electrons. The molecule has 0 saturated carbocycles. The predicted molar refractivity (Wildman–Crippen MR) is 197 cm³/mol. The van der Waals surface area contributed by atoms with Crippen LogP contribution in [0.1, 0.15) is 183 Å². The molecule has 0 spiro atoms. The molecular formula is C42H73NTi+4. The van der Waals surface area contributed by atoms with E-state index >= 15 is 0 Å². The number of fused-ring (bicyclic) bond motifs is 1. The fourth-order valence-electron chi connectivity index (χ4n) is 7.08. The van der Waals surface area contributed by atoms with Crippen LogP contribution in [0.5, 0.6) is 0 Å². The maximum absolute atomic E-state index is 3.66. The Morgan fingerprint density at radius 1 is 0.727 bits per heavy atom. The van der Waals surface area contributed by atoms with Gasteiger partial charge in [0.1, 0.15) is 0 Å². The van der Waals surface area contributed by atoms with Gasteiger partial charge in [0, 0.05) is 17.5 Å². The normalized spacial score (nSPS) is 15.2. The van der Waals surface area contributed by atoms with Crippen LogP contribution in [0.15, 0.2) is 54.1 Å². The largest absolute Gasteiger partial charge is 4.00 e. The van der Waals surface area contributed by atoms with Crippen molar-refractivity contribution in [3.05, 3.63) is 65.3 Å². The van der Waals surface area contributed by atoms with Crippen molar-refractivity contribution in [2.75, 3.05) is 6.54 Å². The summed E-state index contributed by atoms with van der Waals surface area (Å²) >= 11 is 0. The summed E-state index contributed by atoms with van der Waals surface area (Å²) in [7, 11) is 0. The number of nitrogens with zero attached hydrogens (tertiary/aromatic N) is 1. The maximum Gasteiger partial charge on any atom is 4.00 e. The Morgan fingerprint density at radius 3 is 1.66 bits per heavy atom. The zero-order valence-electron chi connectivity index (χ0n) is 31.2. The molecule has 0 aliphatic heterocycles. The molecular weight excluding hydrogens is 566 g/mol. The van der Waals surface area contributed by atoms with Gasteiger partial charge in [-0.25, -0.2) is 0 Å². The molecule has 0 bridgehead atoms. The number of hydrogen-bond acceptors (Lipinski definition) is 1. The zero-order chi connectivity index (χ0) is 32.5. The van der Waals surface area contributed by atoms with Gasteiger partial charge in [-0.2, -0.15) is 0 Å². The predicted octanol–water partition coefficient (Wildman–Crippen LogP) is 13.7. The number of rotatable bonds is 20. The van der Waals surface area contributed by atoms with E-state index in [-0.39, 0.29) is 32.7 Å². The minimum Gasteiger partial charge on any atom is -0.295 e. The molecule has 0 fully saturated rings. The van der Waals surface area contributed by atoms with Gasteiger partial charge in [-0.3, -0.25) is 4.90 Å². The van der Waals surface area contributed by atoms with E-state index in [1.54, 1.807) is 11.1 Å². The first-order chi connectivity index (χ1) is 20.3. The first kappa shape index (κ1) is 43.1. The Bertz CT molecular complexity index is 950. The Kier molecular flexibility index (Phi) is 22.2. The standard InChI is InChI=1S/C36H63N.C6H10.Ti/c1-9-11-13-15-17-18-20-24-28-37(35(4,5)6)33(27-21-19-16-14-12-10-2)36(7,8)34-30(3)29-31-25-22-23-26-32(31)34;1-5(2)6(3)4;/h22-23,25-26,29,33-34H,9-21,24,27-28H2,1-8H3;1,3H2,2,4H3;/q;;+4. The molecule has 0 N–H and O–H groups in total. The second-order valence-electron chi connectivity index (χ2n) is 15.2. The second kappa shape index (κ2) is 22.6. The van der Waals surface area contributed by atoms with E-state index in [0.29, 0.717) is 12.0 Å². The number of unbranched alkanes of at least 4 members (excludes halogenated alkanes) is 12. The fraction of sp³-hybridized carbons (Fsp3) is 0.714. The van der Waals surface area contributed by atoms with Crippen LogP contribution in [-0.4, -0.2) is 23.0 Å². The van der Waals surface area contributed by atoms with Gasteiger partial charge in [-0.15, -0.1) is 0 Å². The summed E-state index contributed by atoms with van der Waals surface area (Å²) < 4.78 is 0. The van der Waals surface area contributed by atoms with Crippen molar-refractivity contribution in [2.45, 2.75) is 183 Å². The van der Waals surface area contributed by atoms with Crippen LogP contribution in [0.4, 0.5) is 0 Å². The number of allylic oxidation sites excluding steroid dienone is 3. The number of hydrogen-bond donors (Lipinski definition) is 0. The van der Waals surface area contributed by atoms with E-state index in [0.717, 1.165) is 11.1 Å². The van der Waals surface area contributed by atoms with Gasteiger partial charge in [0.15, 0.2) is 0 Å². The van der Waals surface area contributed by atoms with E-state index in [9.17, 15) is 0 Å². The van der Waals surface area contributed by atoms with E-state index < -0.39 is 0 Å². The Hall–Kier alpha value is -0.886. The molecule has 1 aromatic rings. The molecule has 44 heavy (non-hydrogen) atoms. The van der Waals surface area contributed by atoms with Crippen LogP contribution >= 0.6 is 0 Å². The molecule has 0 radical (unpaired) electrons. The minimum atomic E-state index is 0.